The van der Waals surface area contributed by atoms with Crippen molar-refractivity contribution in [3.05, 3.63) is 45.4 Å². The van der Waals surface area contributed by atoms with Crippen LogP contribution in [0, 0.1) is 17.8 Å². The first-order valence-corrected chi connectivity index (χ1v) is 11.8. The number of Topliss-reactive ketones (excluding diaryl/α,β-unsaturated/α-hetero) is 2. The molecule has 0 aliphatic heterocycles. The summed E-state index contributed by atoms with van der Waals surface area (Å²) in [6.45, 7) is 1.60. The molecule has 4 atom stereocenters. The topological polar surface area (TPSA) is 206 Å². The van der Waals surface area contributed by atoms with Crippen LogP contribution in [-0.2, 0) is 16.0 Å². The molecule has 0 heterocycles. The Morgan fingerprint density at radius 2 is 1.84 bits per heavy atom. The first kappa shape index (κ1) is 27.2. The maximum atomic E-state index is 14.1. The zero-order valence-corrected chi connectivity index (χ0v) is 21.7. The van der Waals surface area contributed by atoms with Crippen LogP contribution in [0.3, 0.4) is 0 Å². The summed E-state index contributed by atoms with van der Waals surface area (Å²) >= 11 is 0. The Bertz CT molecular complexity index is 1420. The lowest BCUT2D eigenvalue weighted by Crippen LogP contribution is -2.68. The second kappa shape index (κ2) is 8.85. The van der Waals surface area contributed by atoms with Crippen molar-refractivity contribution in [2.75, 3.05) is 33.1 Å². The summed E-state index contributed by atoms with van der Waals surface area (Å²) in [5, 5.41) is 34.2. The van der Waals surface area contributed by atoms with Crippen molar-refractivity contribution in [2.24, 2.45) is 23.3 Å². The third kappa shape index (κ3) is 3.44. The van der Waals surface area contributed by atoms with Crippen LogP contribution in [0.15, 0.2) is 28.7 Å². The van der Waals surface area contributed by atoms with E-state index in [1.54, 1.807) is 46.1 Å². The minimum absolute atomic E-state index is 0.00869. The molecule has 3 aliphatic carbocycles. The van der Waals surface area contributed by atoms with Crippen LogP contribution in [-0.4, -0.2) is 83.1 Å². The number of amides is 1. The van der Waals surface area contributed by atoms with Crippen molar-refractivity contribution < 1.29 is 34.5 Å². The largest absolute Gasteiger partial charge is 0.510 e. The molecular formula is C26H31N5O7. The van der Waals surface area contributed by atoms with Crippen molar-refractivity contribution in [2.45, 2.75) is 36.9 Å². The molecule has 9 N–H and O–H groups in total. The predicted octanol–water partition coefficient (Wildman–Crippen LogP) is -0.814. The van der Waals surface area contributed by atoms with Crippen molar-refractivity contribution in [3.63, 3.8) is 0 Å². The number of rotatable bonds is 4. The monoisotopic (exact) mass is 525 g/mol. The number of carbonyl (C=O) groups excluding carboxylic acids is 3. The number of nitrogens with two attached hydrogens (primary N) is 3. The van der Waals surface area contributed by atoms with E-state index in [1.807, 2.05) is 0 Å². The van der Waals surface area contributed by atoms with Crippen LogP contribution in [0.4, 0.5) is 5.69 Å². The number of nitrogens with zero attached hydrogens (tertiary/aromatic N) is 2. The summed E-state index contributed by atoms with van der Waals surface area (Å²) in [7, 11) is 6.66. The number of ketones is 2. The Morgan fingerprint density at radius 3 is 2.34 bits per heavy atom. The molecule has 0 bridgehead atoms. The highest BCUT2D eigenvalue weighted by Crippen LogP contribution is 2.54. The van der Waals surface area contributed by atoms with E-state index in [2.05, 4.69) is 11.8 Å². The first-order valence-electron chi connectivity index (χ1n) is 11.8. The van der Waals surface area contributed by atoms with E-state index in [4.69, 9.17) is 22.2 Å². The fourth-order valence-electron chi connectivity index (χ4n) is 6.14. The number of anilines is 1. The van der Waals surface area contributed by atoms with Crippen LogP contribution in [0.25, 0.3) is 0 Å². The zero-order valence-electron chi connectivity index (χ0n) is 21.7. The van der Waals surface area contributed by atoms with Gasteiger partial charge in [0.2, 0.25) is 5.78 Å². The summed E-state index contributed by atoms with van der Waals surface area (Å²) in [5.74, 6) is 4.83. The van der Waals surface area contributed by atoms with Gasteiger partial charge < -0.3 is 36.5 Å². The normalized spacial score (nSPS) is 28.3. The number of fused-ring (bicyclic) bond motifs is 3. The molecule has 3 aliphatic rings. The lowest BCUT2D eigenvalue weighted by Gasteiger charge is -2.53. The van der Waals surface area contributed by atoms with Crippen molar-refractivity contribution in [1.29, 1.82) is 0 Å². The Kier molecular flexibility index (Phi) is 6.32. The molecule has 4 rings (SSSR count). The highest BCUT2D eigenvalue weighted by atomic mass is 16.6. The molecule has 0 spiro atoms. The van der Waals surface area contributed by atoms with E-state index in [-0.39, 0.29) is 24.2 Å². The minimum atomic E-state index is -2.76. The van der Waals surface area contributed by atoms with Gasteiger partial charge in [-0.1, -0.05) is 5.92 Å². The third-order valence-corrected chi connectivity index (χ3v) is 7.68. The van der Waals surface area contributed by atoms with Gasteiger partial charge in [0, 0.05) is 25.7 Å². The quantitative estimate of drug-likeness (QED) is 0.163. The lowest BCUT2D eigenvalue weighted by molar-refractivity contribution is -0.148. The molecule has 1 aromatic rings. The number of likely N-dealkylation sites (N-methyl/N-ethyl adjacent to an activating group) is 1. The third-order valence-electron chi connectivity index (χ3n) is 7.68. The number of benzene rings is 1. The molecule has 0 radical (unpaired) electrons. The van der Waals surface area contributed by atoms with E-state index in [0.29, 0.717) is 16.8 Å². The van der Waals surface area contributed by atoms with Gasteiger partial charge in [0.1, 0.15) is 17.1 Å². The fraction of sp³-hybridized carbons (Fsp3) is 0.423. The van der Waals surface area contributed by atoms with E-state index < -0.39 is 63.2 Å². The SMILES string of the molecule is CC#Cc1cc(N(C)C)c2c(c1ON)C(=O)C1=C(O)[C@]3(O)C(=O)C(C(N)=O)=C(O)[C@@H](N(C)C)[C@@H]3C[C@]1(N)C2. The number of aliphatic hydroxyl groups excluding tert-OH is 2. The molecule has 0 saturated heterocycles. The molecule has 202 valence electrons. The average molecular weight is 526 g/mol. The van der Waals surface area contributed by atoms with Gasteiger partial charge in [0.25, 0.3) is 5.91 Å². The Balaban J connectivity index is 2.08. The molecular weight excluding hydrogens is 494 g/mol. The molecule has 1 aromatic carbocycles. The van der Waals surface area contributed by atoms with Gasteiger partial charge in [0.05, 0.1) is 28.3 Å². The molecule has 12 nitrogen and oxygen atoms in total. The number of aliphatic hydroxyl groups is 3. The van der Waals surface area contributed by atoms with Gasteiger partial charge >= 0.3 is 0 Å². The molecule has 12 heteroatoms. The number of primary amides is 1. The molecule has 1 amide bonds. The van der Waals surface area contributed by atoms with Crippen molar-refractivity contribution >= 4 is 23.2 Å². The van der Waals surface area contributed by atoms with Crippen molar-refractivity contribution in [3.8, 4) is 17.6 Å². The molecule has 0 aromatic heterocycles. The van der Waals surface area contributed by atoms with Gasteiger partial charge in [-0.3, -0.25) is 19.3 Å². The van der Waals surface area contributed by atoms with Crippen LogP contribution >= 0.6 is 0 Å². The summed E-state index contributed by atoms with van der Waals surface area (Å²) in [5.41, 5.74) is 8.00. The first-order chi connectivity index (χ1) is 17.7. The van der Waals surface area contributed by atoms with Gasteiger partial charge in [-0.15, -0.1) is 5.92 Å². The molecule has 38 heavy (non-hydrogen) atoms. The minimum Gasteiger partial charge on any atom is -0.510 e. The van der Waals surface area contributed by atoms with E-state index in [1.165, 1.54) is 4.90 Å². The highest BCUT2D eigenvalue weighted by molar-refractivity contribution is 6.25. The van der Waals surface area contributed by atoms with Gasteiger partial charge in [0.15, 0.2) is 17.1 Å². The average Bonchev–Trinajstić information content (AvgIpc) is 2.80. The van der Waals surface area contributed by atoms with Crippen LogP contribution in [0.1, 0.15) is 34.8 Å². The Labute approximate surface area is 219 Å². The van der Waals surface area contributed by atoms with E-state index >= 15 is 0 Å². The highest BCUT2D eigenvalue weighted by Gasteiger charge is 2.66. The standard InChI is InChI=1S/C26H31N5O7/c1-6-7-11-8-14(30(2)3)12-9-25(28)10-13-18(31(4)5)20(33)16(24(27)36)22(34)26(13,37)23(35)17(25)19(32)15(12)21(11)38-29/h8,13,18,33,35,37H,9-10,28-29H2,1-5H3,(H2,27,36)/t13-,18-,25+,26+/m0/s1. The second-order valence-corrected chi connectivity index (χ2v) is 10.3. The Hall–Kier alpha value is -3.89. The number of hydrogen-bond acceptors (Lipinski definition) is 11. The molecule has 0 unspecified atom stereocenters. The molecule has 0 fully saturated rings. The predicted molar refractivity (Wildman–Crippen MR) is 137 cm³/mol. The maximum Gasteiger partial charge on any atom is 0.255 e. The van der Waals surface area contributed by atoms with Gasteiger partial charge in [-0.05, 0) is 45.5 Å². The van der Waals surface area contributed by atoms with Gasteiger partial charge in [-0.2, -0.15) is 5.90 Å². The van der Waals surface area contributed by atoms with Crippen LogP contribution in [0.2, 0.25) is 0 Å². The Morgan fingerprint density at radius 1 is 1.21 bits per heavy atom. The van der Waals surface area contributed by atoms with Crippen LogP contribution in [0.5, 0.6) is 5.75 Å². The number of hydrogen-bond donors (Lipinski definition) is 6. The van der Waals surface area contributed by atoms with Crippen molar-refractivity contribution in [1.82, 2.24) is 4.90 Å². The van der Waals surface area contributed by atoms with Crippen LogP contribution < -0.4 is 27.1 Å². The second-order valence-electron chi connectivity index (χ2n) is 10.3. The summed E-state index contributed by atoms with van der Waals surface area (Å²) < 4.78 is 0. The lowest BCUT2D eigenvalue weighted by atomic mass is 9.56. The van der Waals surface area contributed by atoms with E-state index in [0.717, 1.165) is 0 Å². The molecule has 0 saturated carbocycles. The van der Waals surface area contributed by atoms with Gasteiger partial charge in [-0.25, -0.2) is 0 Å². The van der Waals surface area contributed by atoms with E-state index in [9.17, 15) is 29.7 Å². The zero-order chi connectivity index (χ0) is 28.5. The fourth-order valence-corrected chi connectivity index (χ4v) is 6.14. The summed E-state index contributed by atoms with van der Waals surface area (Å²) in [4.78, 5) is 48.0. The summed E-state index contributed by atoms with van der Waals surface area (Å²) in [6.07, 6.45) is -0.216. The maximum absolute atomic E-state index is 14.1. The summed E-state index contributed by atoms with van der Waals surface area (Å²) in [6, 6.07) is 0.585. The smallest absolute Gasteiger partial charge is 0.255 e. The number of carbonyl (C=O) groups is 3.